The minimum absolute atomic E-state index is 0.110. The third-order valence-corrected chi connectivity index (χ3v) is 5.13. The van der Waals surface area contributed by atoms with Gasteiger partial charge in [0.2, 0.25) is 0 Å². The van der Waals surface area contributed by atoms with Crippen molar-refractivity contribution in [2.75, 3.05) is 25.2 Å². The molecular weight excluding hydrogens is 322 g/mol. The maximum Gasteiger partial charge on any atom is 0.262 e. The normalized spacial score (nSPS) is 11.0. The maximum atomic E-state index is 12.4. The molecule has 7 heteroatoms. The van der Waals surface area contributed by atoms with E-state index in [2.05, 4.69) is 4.72 Å². The molecule has 0 amide bonds. The van der Waals surface area contributed by atoms with Gasteiger partial charge in [0.15, 0.2) is 11.5 Å². The fourth-order valence-corrected chi connectivity index (χ4v) is 3.34. The average molecular weight is 339 g/mol. The van der Waals surface area contributed by atoms with Gasteiger partial charge in [0.25, 0.3) is 10.0 Å². The van der Waals surface area contributed by atoms with E-state index in [1.165, 1.54) is 26.4 Å². The van der Waals surface area contributed by atoms with Crippen molar-refractivity contribution in [3.05, 3.63) is 42.5 Å². The zero-order valence-corrected chi connectivity index (χ0v) is 14.1. The van der Waals surface area contributed by atoms with Gasteiger partial charge < -0.3 is 9.47 Å². The van der Waals surface area contributed by atoms with E-state index in [0.717, 1.165) is 4.90 Å². The number of methoxy groups -OCH3 is 2. The molecule has 0 spiro atoms. The van der Waals surface area contributed by atoms with Crippen LogP contribution < -0.4 is 14.2 Å². The van der Waals surface area contributed by atoms with Crippen LogP contribution in [0.1, 0.15) is 0 Å². The standard InChI is InChI=1S/C15H17NO4S2/c1-19-14-9-8-13(10-15(14)20-2)22(17,18)16-11-4-6-12(21-3)7-5-11/h4-10,16H,1-3H3. The monoisotopic (exact) mass is 339 g/mol. The van der Waals surface area contributed by atoms with E-state index < -0.39 is 10.0 Å². The maximum absolute atomic E-state index is 12.4. The molecule has 0 fully saturated rings. The minimum Gasteiger partial charge on any atom is -0.493 e. The van der Waals surface area contributed by atoms with E-state index in [0.29, 0.717) is 17.2 Å². The Balaban J connectivity index is 2.29. The average Bonchev–Trinajstić information content (AvgIpc) is 2.54. The second-order valence-corrected chi connectivity index (χ2v) is 6.91. The lowest BCUT2D eigenvalue weighted by molar-refractivity contribution is 0.354. The van der Waals surface area contributed by atoms with E-state index in [1.54, 1.807) is 30.0 Å². The van der Waals surface area contributed by atoms with Crippen LogP contribution in [0, 0.1) is 0 Å². The van der Waals surface area contributed by atoms with Crippen molar-refractivity contribution in [3.8, 4) is 11.5 Å². The van der Waals surface area contributed by atoms with Crippen LogP contribution >= 0.6 is 11.8 Å². The van der Waals surface area contributed by atoms with Crippen molar-refractivity contribution in [3.63, 3.8) is 0 Å². The van der Waals surface area contributed by atoms with Crippen LogP contribution in [0.15, 0.2) is 52.3 Å². The Morgan fingerprint density at radius 3 is 2.14 bits per heavy atom. The highest BCUT2D eigenvalue weighted by atomic mass is 32.2. The lowest BCUT2D eigenvalue weighted by Crippen LogP contribution is -2.13. The summed E-state index contributed by atoms with van der Waals surface area (Å²) in [6.45, 7) is 0. The zero-order chi connectivity index (χ0) is 16.2. The molecule has 2 aromatic rings. The molecule has 0 radical (unpaired) electrons. The van der Waals surface area contributed by atoms with Gasteiger partial charge in [0.1, 0.15) is 0 Å². The third kappa shape index (κ3) is 3.66. The lowest BCUT2D eigenvalue weighted by atomic mass is 10.3. The molecule has 1 N–H and O–H groups in total. The van der Waals surface area contributed by atoms with E-state index in [1.807, 2.05) is 18.4 Å². The van der Waals surface area contributed by atoms with Crippen LogP contribution in [-0.2, 0) is 10.0 Å². The Labute approximate surface area is 134 Å². The smallest absolute Gasteiger partial charge is 0.262 e. The first-order valence-electron chi connectivity index (χ1n) is 6.39. The number of benzene rings is 2. The summed E-state index contributed by atoms with van der Waals surface area (Å²) in [5.74, 6) is 0.842. The Morgan fingerprint density at radius 2 is 1.59 bits per heavy atom. The number of hydrogen-bond acceptors (Lipinski definition) is 5. The molecule has 0 saturated carbocycles. The van der Waals surface area contributed by atoms with Crippen molar-refractivity contribution >= 4 is 27.5 Å². The number of sulfonamides is 1. The van der Waals surface area contributed by atoms with Crippen molar-refractivity contribution in [2.45, 2.75) is 9.79 Å². The first kappa shape index (κ1) is 16.5. The first-order chi connectivity index (χ1) is 10.5. The second kappa shape index (κ2) is 6.93. The van der Waals surface area contributed by atoms with Crippen LogP contribution in [0.25, 0.3) is 0 Å². The third-order valence-electron chi connectivity index (χ3n) is 3.01. The Hall–Kier alpha value is -1.86. The summed E-state index contributed by atoms with van der Waals surface area (Å²) in [6.07, 6.45) is 1.96. The number of hydrogen-bond donors (Lipinski definition) is 1. The molecule has 0 aromatic heterocycles. The molecule has 0 saturated heterocycles. The quantitative estimate of drug-likeness (QED) is 0.819. The van der Waals surface area contributed by atoms with Gasteiger partial charge in [0.05, 0.1) is 19.1 Å². The second-order valence-electron chi connectivity index (χ2n) is 4.35. The molecule has 2 aromatic carbocycles. The number of rotatable bonds is 6. The number of nitrogens with one attached hydrogen (secondary N) is 1. The highest BCUT2D eigenvalue weighted by molar-refractivity contribution is 7.98. The summed E-state index contributed by atoms with van der Waals surface area (Å²) >= 11 is 1.59. The van der Waals surface area contributed by atoms with Crippen LogP contribution in [0.5, 0.6) is 11.5 Å². The van der Waals surface area contributed by atoms with Crippen LogP contribution in [0.4, 0.5) is 5.69 Å². The fraction of sp³-hybridized carbons (Fsp3) is 0.200. The molecule has 0 aliphatic rings. The molecule has 0 atom stereocenters. The minimum atomic E-state index is -3.68. The molecule has 0 aliphatic carbocycles. The number of thioether (sulfide) groups is 1. The molecule has 0 heterocycles. The van der Waals surface area contributed by atoms with Gasteiger partial charge in [-0.2, -0.15) is 0 Å². The van der Waals surface area contributed by atoms with Crippen molar-refractivity contribution in [1.29, 1.82) is 0 Å². The predicted molar refractivity (Wildman–Crippen MR) is 88.6 cm³/mol. The molecule has 0 unspecified atom stereocenters. The van der Waals surface area contributed by atoms with Gasteiger partial charge in [-0.3, -0.25) is 4.72 Å². The fourth-order valence-electron chi connectivity index (χ4n) is 1.86. The summed E-state index contributed by atoms with van der Waals surface area (Å²) in [4.78, 5) is 1.17. The SMILES string of the molecule is COc1ccc(S(=O)(=O)Nc2ccc(SC)cc2)cc1OC. The highest BCUT2D eigenvalue weighted by Crippen LogP contribution is 2.30. The van der Waals surface area contributed by atoms with Gasteiger partial charge in [-0.25, -0.2) is 8.42 Å². The van der Waals surface area contributed by atoms with Gasteiger partial charge >= 0.3 is 0 Å². The molecule has 2 rings (SSSR count). The van der Waals surface area contributed by atoms with E-state index in [4.69, 9.17) is 9.47 Å². The molecule has 118 valence electrons. The molecule has 22 heavy (non-hydrogen) atoms. The lowest BCUT2D eigenvalue weighted by Gasteiger charge is -2.11. The molecule has 0 aliphatic heterocycles. The van der Waals surface area contributed by atoms with E-state index in [-0.39, 0.29) is 4.90 Å². The Bertz CT molecular complexity index is 743. The van der Waals surface area contributed by atoms with Gasteiger partial charge in [-0.1, -0.05) is 0 Å². The topological polar surface area (TPSA) is 64.6 Å². The van der Waals surface area contributed by atoms with Crippen molar-refractivity contribution in [2.24, 2.45) is 0 Å². The molecule has 5 nitrogen and oxygen atoms in total. The van der Waals surface area contributed by atoms with E-state index in [9.17, 15) is 8.42 Å². The van der Waals surface area contributed by atoms with Crippen molar-refractivity contribution in [1.82, 2.24) is 0 Å². The summed E-state index contributed by atoms with van der Waals surface area (Å²) in [7, 11) is -0.724. The Morgan fingerprint density at radius 1 is 0.955 bits per heavy atom. The summed E-state index contributed by atoms with van der Waals surface area (Å²) < 4.78 is 37.6. The van der Waals surface area contributed by atoms with Gasteiger partial charge in [-0.15, -0.1) is 11.8 Å². The van der Waals surface area contributed by atoms with Gasteiger partial charge in [-0.05, 0) is 42.7 Å². The number of ether oxygens (including phenoxy) is 2. The van der Waals surface area contributed by atoms with Crippen LogP contribution in [0.2, 0.25) is 0 Å². The first-order valence-corrected chi connectivity index (χ1v) is 9.10. The Kier molecular flexibility index (Phi) is 5.20. The zero-order valence-electron chi connectivity index (χ0n) is 12.5. The van der Waals surface area contributed by atoms with Crippen LogP contribution in [-0.4, -0.2) is 28.9 Å². The largest absolute Gasteiger partial charge is 0.493 e. The number of anilines is 1. The van der Waals surface area contributed by atoms with Crippen LogP contribution in [0.3, 0.4) is 0 Å². The van der Waals surface area contributed by atoms with Crippen molar-refractivity contribution < 1.29 is 17.9 Å². The summed E-state index contributed by atoms with van der Waals surface area (Å²) in [5.41, 5.74) is 0.507. The predicted octanol–water partition coefficient (Wildman–Crippen LogP) is 3.23. The van der Waals surface area contributed by atoms with E-state index >= 15 is 0 Å². The molecule has 0 bridgehead atoms. The summed E-state index contributed by atoms with van der Waals surface area (Å²) in [5, 5.41) is 0. The summed E-state index contributed by atoms with van der Waals surface area (Å²) in [6, 6.07) is 11.6. The molecular formula is C15H17NO4S2. The van der Waals surface area contributed by atoms with Gasteiger partial charge in [0, 0.05) is 16.6 Å². The highest BCUT2D eigenvalue weighted by Gasteiger charge is 2.17.